The number of carbonyl (C=O) groups excluding carboxylic acids is 2. The minimum atomic E-state index is -0.122. The first-order valence-electron chi connectivity index (χ1n) is 6.80. The average molecular weight is 278 g/mol. The molecule has 5 heteroatoms. The van der Waals surface area contributed by atoms with Crippen LogP contribution in [0.1, 0.15) is 31.1 Å². The smallest absolute Gasteiger partial charge is 0.253 e. The molecule has 0 unspecified atom stereocenters. The number of aliphatic hydroxyl groups excluding tert-OH is 1. The van der Waals surface area contributed by atoms with Crippen molar-refractivity contribution >= 4 is 17.5 Å². The lowest BCUT2D eigenvalue weighted by molar-refractivity contribution is -0.118. The highest BCUT2D eigenvalue weighted by atomic mass is 16.3. The van der Waals surface area contributed by atoms with E-state index in [1.807, 2.05) is 20.8 Å². The maximum atomic E-state index is 12.1. The van der Waals surface area contributed by atoms with Crippen LogP contribution in [0.3, 0.4) is 0 Å². The Hall–Kier alpha value is -1.88. The molecule has 0 heterocycles. The first-order chi connectivity index (χ1) is 9.49. The Kier molecular flexibility index (Phi) is 6.18. The predicted octanol–water partition coefficient (Wildman–Crippen LogP) is 1.74. The minimum Gasteiger partial charge on any atom is -0.395 e. The molecule has 1 aromatic carbocycles. The molecule has 0 aliphatic carbocycles. The summed E-state index contributed by atoms with van der Waals surface area (Å²) in [6.07, 6.45) is 0. The van der Waals surface area contributed by atoms with E-state index in [4.69, 9.17) is 5.11 Å². The topological polar surface area (TPSA) is 69.6 Å². The number of nitrogens with zero attached hydrogens (tertiary/aromatic N) is 1. The van der Waals surface area contributed by atoms with Gasteiger partial charge in [0, 0.05) is 30.3 Å². The SMILES string of the molecule is CCN(CCO)C(=O)c1ccc(NC(=O)C(C)C)cc1. The quantitative estimate of drug-likeness (QED) is 0.832. The summed E-state index contributed by atoms with van der Waals surface area (Å²) in [6.45, 7) is 6.32. The van der Waals surface area contributed by atoms with Gasteiger partial charge in [-0.2, -0.15) is 0 Å². The highest BCUT2D eigenvalue weighted by molar-refractivity contribution is 5.96. The molecule has 0 radical (unpaired) electrons. The van der Waals surface area contributed by atoms with Crippen LogP contribution in [0.25, 0.3) is 0 Å². The fourth-order valence-corrected chi connectivity index (χ4v) is 1.69. The number of carbonyl (C=O) groups is 2. The van der Waals surface area contributed by atoms with Crippen LogP contribution >= 0.6 is 0 Å². The van der Waals surface area contributed by atoms with Gasteiger partial charge in [-0.15, -0.1) is 0 Å². The van der Waals surface area contributed by atoms with Crippen LogP contribution in [0.4, 0.5) is 5.69 Å². The molecule has 20 heavy (non-hydrogen) atoms. The number of aliphatic hydroxyl groups is 1. The second-order valence-corrected chi connectivity index (χ2v) is 4.83. The van der Waals surface area contributed by atoms with Crippen molar-refractivity contribution < 1.29 is 14.7 Å². The van der Waals surface area contributed by atoms with Crippen LogP contribution in [0.2, 0.25) is 0 Å². The molecule has 2 amide bonds. The van der Waals surface area contributed by atoms with E-state index in [9.17, 15) is 9.59 Å². The van der Waals surface area contributed by atoms with Crippen molar-refractivity contribution in [2.24, 2.45) is 5.92 Å². The first kappa shape index (κ1) is 16.2. The molecule has 2 N–H and O–H groups in total. The summed E-state index contributed by atoms with van der Waals surface area (Å²) < 4.78 is 0. The standard InChI is InChI=1S/C15H22N2O3/c1-4-17(9-10-18)15(20)12-5-7-13(8-6-12)16-14(19)11(2)3/h5-8,11,18H,4,9-10H2,1-3H3,(H,16,19). The Morgan fingerprint density at radius 3 is 2.30 bits per heavy atom. The minimum absolute atomic E-state index is 0.0535. The third-order valence-electron chi connectivity index (χ3n) is 2.96. The molecular formula is C15H22N2O3. The Labute approximate surface area is 119 Å². The van der Waals surface area contributed by atoms with Gasteiger partial charge in [0.25, 0.3) is 5.91 Å². The zero-order valence-electron chi connectivity index (χ0n) is 12.2. The van der Waals surface area contributed by atoms with Crippen LogP contribution in [-0.4, -0.2) is 41.5 Å². The number of anilines is 1. The molecule has 0 fully saturated rings. The average Bonchev–Trinajstić information content (AvgIpc) is 2.44. The van der Waals surface area contributed by atoms with Crippen LogP contribution in [0.5, 0.6) is 0 Å². The number of rotatable bonds is 6. The number of benzene rings is 1. The lowest BCUT2D eigenvalue weighted by Crippen LogP contribution is -2.33. The Bertz CT molecular complexity index is 455. The molecule has 0 bridgehead atoms. The molecule has 1 rings (SSSR count). The van der Waals surface area contributed by atoms with E-state index in [0.29, 0.717) is 24.3 Å². The van der Waals surface area contributed by atoms with E-state index in [0.717, 1.165) is 0 Å². The van der Waals surface area contributed by atoms with E-state index in [2.05, 4.69) is 5.32 Å². The summed E-state index contributed by atoms with van der Waals surface area (Å²) in [4.78, 5) is 25.3. The molecule has 110 valence electrons. The van der Waals surface area contributed by atoms with Crippen molar-refractivity contribution in [3.05, 3.63) is 29.8 Å². The molecule has 0 spiro atoms. The summed E-state index contributed by atoms with van der Waals surface area (Å²) >= 11 is 0. The van der Waals surface area contributed by atoms with Crippen LogP contribution < -0.4 is 5.32 Å². The van der Waals surface area contributed by atoms with Crippen molar-refractivity contribution in [3.63, 3.8) is 0 Å². The fraction of sp³-hybridized carbons (Fsp3) is 0.467. The monoisotopic (exact) mass is 278 g/mol. The third kappa shape index (κ3) is 4.35. The van der Waals surface area contributed by atoms with Gasteiger partial charge in [-0.25, -0.2) is 0 Å². The zero-order chi connectivity index (χ0) is 15.1. The number of hydrogen-bond donors (Lipinski definition) is 2. The molecule has 0 aliphatic heterocycles. The fourth-order valence-electron chi connectivity index (χ4n) is 1.69. The van der Waals surface area contributed by atoms with Gasteiger partial charge in [0.2, 0.25) is 5.91 Å². The Morgan fingerprint density at radius 2 is 1.85 bits per heavy atom. The molecular weight excluding hydrogens is 256 g/mol. The van der Waals surface area contributed by atoms with Gasteiger partial charge in [-0.3, -0.25) is 9.59 Å². The van der Waals surface area contributed by atoms with Crippen molar-refractivity contribution in [2.45, 2.75) is 20.8 Å². The van der Waals surface area contributed by atoms with Crippen molar-refractivity contribution in [1.82, 2.24) is 4.90 Å². The first-order valence-corrected chi connectivity index (χ1v) is 6.80. The van der Waals surface area contributed by atoms with Crippen LogP contribution in [0, 0.1) is 5.92 Å². The number of amides is 2. The molecule has 0 saturated heterocycles. The third-order valence-corrected chi connectivity index (χ3v) is 2.96. The number of likely N-dealkylation sites (N-methyl/N-ethyl adjacent to an activating group) is 1. The van der Waals surface area contributed by atoms with Gasteiger partial charge in [-0.05, 0) is 31.2 Å². The normalized spacial score (nSPS) is 10.4. The summed E-state index contributed by atoms with van der Waals surface area (Å²) in [7, 11) is 0. The lowest BCUT2D eigenvalue weighted by atomic mass is 10.1. The maximum absolute atomic E-state index is 12.1. The van der Waals surface area contributed by atoms with Crippen molar-refractivity contribution in [2.75, 3.05) is 25.0 Å². The molecule has 5 nitrogen and oxygen atoms in total. The zero-order valence-corrected chi connectivity index (χ0v) is 12.2. The Balaban J connectivity index is 2.75. The van der Waals surface area contributed by atoms with Crippen molar-refractivity contribution in [3.8, 4) is 0 Å². The number of hydrogen-bond acceptors (Lipinski definition) is 3. The second kappa shape index (κ2) is 7.65. The lowest BCUT2D eigenvalue weighted by Gasteiger charge is -2.19. The van der Waals surface area contributed by atoms with Gasteiger partial charge in [0.1, 0.15) is 0 Å². The largest absolute Gasteiger partial charge is 0.395 e. The number of nitrogens with one attached hydrogen (secondary N) is 1. The summed E-state index contributed by atoms with van der Waals surface area (Å²) in [5.41, 5.74) is 1.22. The van der Waals surface area contributed by atoms with Crippen molar-refractivity contribution in [1.29, 1.82) is 0 Å². The summed E-state index contributed by atoms with van der Waals surface area (Å²) in [5, 5.41) is 11.7. The van der Waals surface area contributed by atoms with E-state index in [1.54, 1.807) is 29.2 Å². The predicted molar refractivity (Wildman–Crippen MR) is 78.6 cm³/mol. The van der Waals surface area contributed by atoms with E-state index < -0.39 is 0 Å². The maximum Gasteiger partial charge on any atom is 0.253 e. The highest BCUT2D eigenvalue weighted by Crippen LogP contribution is 2.12. The van der Waals surface area contributed by atoms with Gasteiger partial charge in [-0.1, -0.05) is 13.8 Å². The van der Waals surface area contributed by atoms with Crippen LogP contribution in [-0.2, 0) is 4.79 Å². The molecule has 1 aromatic rings. The highest BCUT2D eigenvalue weighted by Gasteiger charge is 2.13. The van der Waals surface area contributed by atoms with Gasteiger partial charge in [0.15, 0.2) is 0 Å². The van der Waals surface area contributed by atoms with E-state index in [-0.39, 0.29) is 24.3 Å². The van der Waals surface area contributed by atoms with Gasteiger partial charge in [0.05, 0.1) is 6.61 Å². The molecule has 0 aliphatic rings. The summed E-state index contributed by atoms with van der Waals surface area (Å²) in [6, 6.07) is 6.78. The summed E-state index contributed by atoms with van der Waals surface area (Å²) in [5.74, 6) is -0.265. The van der Waals surface area contributed by atoms with Crippen LogP contribution in [0.15, 0.2) is 24.3 Å². The van der Waals surface area contributed by atoms with E-state index >= 15 is 0 Å². The molecule has 0 aromatic heterocycles. The molecule has 0 atom stereocenters. The molecule has 0 saturated carbocycles. The Morgan fingerprint density at radius 1 is 1.25 bits per heavy atom. The van der Waals surface area contributed by atoms with Gasteiger partial charge >= 0.3 is 0 Å². The van der Waals surface area contributed by atoms with Gasteiger partial charge < -0.3 is 15.3 Å². The second-order valence-electron chi connectivity index (χ2n) is 4.83. The van der Waals surface area contributed by atoms with E-state index in [1.165, 1.54) is 0 Å².